The normalized spacial score (nSPS) is 13.6. The number of rotatable bonds is 23. The average molecular weight is 1040 g/mol. The largest absolute Gasteiger partial charge is 0.480 e. The van der Waals surface area contributed by atoms with Gasteiger partial charge in [0.25, 0.3) is 0 Å². The predicted molar refractivity (Wildman–Crippen MR) is 281 cm³/mol. The van der Waals surface area contributed by atoms with Gasteiger partial charge in [0.2, 0.25) is 0 Å². The first kappa shape index (κ1) is 72.8. The molecule has 0 aliphatic heterocycles. The van der Waals surface area contributed by atoms with Crippen molar-refractivity contribution in [2.24, 2.45) is 63.6 Å². The van der Waals surface area contributed by atoms with Crippen molar-refractivity contribution in [2.45, 2.75) is 135 Å². The number of fused-ring (bicyclic) bond motifs is 1. The first-order valence-corrected chi connectivity index (χ1v) is 24.5. The van der Waals surface area contributed by atoms with E-state index >= 15 is 0 Å². The molecule has 2 aromatic carbocycles. The quantitative estimate of drug-likeness (QED) is 0.0606. The van der Waals surface area contributed by atoms with Crippen molar-refractivity contribution in [3.8, 4) is 0 Å². The van der Waals surface area contributed by atoms with E-state index in [4.69, 9.17) is 81.6 Å². The van der Waals surface area contributed by atoms with E-state index in [1.807, 2.05) is 94.7 Å². The third kappa shape index (κ3) is 39.0. The summed E-state index contributed by atoms with van der Waals surface area (Å²) in [6.07, 6.45) is 8.55. The van der Waals surface area contributed by atoms with Gasteiger partial charge >= 0.3 is 41.8 Å². The molecule has 72 heavy (non-hydrogen) atoms. The Morgan fingerprint density at radius 2 is 1.00 bits per heavy atom. The molecule has 412 valence electrons. The fraction of sp³-hybridized carbons (Fsp3) is 0.562. The zero-order valence-electron chi connectivity index (χ0n) is 42.6. The Hall–Kier alpha value is -5.70. The lowest BCUT2D eigenvalue weighted by Crippen LogP contribution is -2.36. The minimum absolute atomic E-state index is 0.0208. The molecule has 0 aliphatic carbocycles. The predicted octanol–water partition coefficient (Wildman–Crippen LogP) is 2.39. The van der Waals surface area contributed by atoms with Crippen LogP contribution >= 0.6 is 11.8 Å². The Morgan fingerprint density at radius 3 is 1.36 bits per heavy atom. The molecule has 8 unspecified atom stereocenters. The molecule has 1 aromatic heterocycles. The van der Waals surface area contributed by atoms with Gasteiger partial charge in [0.05, 0.1) is 0 Å². The number of benzene rings is 2. The SMILES string of the molecule is CC(C)C(N)C(=O)O.CC(C)CC(N)C(=O)O.CCC(C)C(N)C(=O)O.CSCCC(N)C(=O)O.NC(Cc1c[nH]c2ccccc12)C(=O)O.NC(Cc1ccccc1)C(=O)O.NCCCCC(N)C(=O)O. The van der Waals surface area contributed by atoms with Crippen molar-refractivity contribution in [2.75, 3.05) is 18.6 Å². The highest BCUT2D eigenvalue weighted by Gasteiger charge is 2.18. The standard InChI is InChI=1S/C11H12N2O2.C9H11NO2.C6H14N2O2.2C6H13NO2.C5H11NO2S.C5H11NO2/c12-9(11(14)15)5-7-6-13-10-4-2-1-3-8(7)10;10-8(9(11)12)6-7-4-2-1-3-5-7;7-4-2-1-3-5(8)6(9)10;1-4(2)3-5(7)6(8)9;1-3-4(2)5(7)6(8)9;1-9-3-2-4(6)5(7)8;1-3(2)4(6)5(7)8/h1-4,6,9,13H,5,12H2,(H,14,15);1-5,8H,6,10H2,(H,11,12);5H,1-4,7-8H2,(H,9,10);2*4-5H,3,7H2,1-2H3,(H,8,9);4H,2-3,6H2,1H3,(H,7,8);3-4H,6H2,1-2H3,(H,7,8). The van der Waals surface area contributed by atoms with Gasteiger partial charge in [-0.05, 0) is 85.6 Å². The second-order valence-corrected chi connectivity index (χ2v) is 18.0. The number of H-pyrrole nitrogens is 1. The molecular formula is C48H85N9O14S. The Bertz CT molecular complexity index is 1960. The number of aliphatic carboxylic acids is 7. The summed E-state index contributed by atoms with van der Waals surface area (Å²) < 4.78 is 0. The monoisotopic (exact) mass is 1040 g/mol. The summed E-state index contributed by atoms with van der Waals surface area (Å²) >= 11 is 1.60. The van der Waals surface area contributed by atoms with Gasteiger partial charge in [-0.2, -0.15) is 11.8 Å². The van der Waals surface area contributed by atoms with Crippen LogP contribution in [0.3, 0.4) is 0 Å². The van der Waals surface area contributed by atoms with Gasteiger partial charge in [-0.3, -0.25) is 33.6 Å². The molecule has 0 amide bonds. The molecule has 3 rings (SSSR count). The summed E-state index contributed by atoms with van der Waals surface area (Å²) in [5, 5.41) is 59.8. The van der Waals surface area contributed by atoms with Crippen molar-refractivity contribution in [3.05, 3.63) is 71.9 Å². The zero-order chi connectivity index (χ0) is 56.7. The second-order valence-electron chi connectivity index (χ2n) is 17.0. The number of aromatic amines is 1. The van der Waals surface area contributed by atoms with E-state index in [0.717, 1.165) is 47.0 Å². The van der Waals surface area contributed by atoms with Crippen LogP contribution in [0.25, 0.3) is 10.9 Å². The number of carboxylic acid groups (broad SMARTS) is 7. The maximum absolute atomic E-state index is 10.6. The molecule has 1 heterocycles. The van der Waals surface area contributed by atoms with Crippen LogP contribution in [0.4, 0.5) is 0 Å². The number of aromatic nitrogens is 1. The number of unbranched alkanes of at least 4 members (excludes halogenated alkanes) is 1. The summed E-state index contributed by atoms with van der Waals surface area (Å²) in [4.78, 5) is 74.6. The number of nitrogens with two attached hydrogens (primary N) is 8. The molecule has 3 aromatic rings. The van der Waals surface area contributed by atoms with Gasteiger partial charge in [0.15, 0.2) is 0 Å². The number of thioether (sulfide) groups is 1. The maximum Gasteiger partial charge on any atom is 0.320 e. The summed E-state index contributed by atoms with van der Waals surface area (Å²) in [6, 6.07) is 12.0. The zero-order valence-corrected chi connectivity index (χ0v) is 43.4. The molecule has 0 bridgehead atoms. The minimum Gasteiger partial charge on any atom is -0.480 e. The van der Waals surface area contributed by atoms with Crippen molar-refractivity contribution in [3.63, 3.8) is 0 Å². The fourth-order valence-electron chi connectivity index (χ4n) is 4.97. The third-order valence-electron chi connectivity index (χ3n) is 9.87. The summed E-state index contributed by atoms with van der Waals surface area (Å²) in [7, 11) is 0. The van der Waals surface area contributed by atoms with Crippen molar-refractivity contribution in [1.82, 2.24) is 4.98 Å². The summed E-state index contributed by atoms with van der Waals surface area (Å²) in [5.41, 5.74) is 45.0. The lowest BCUT2D eigenvalue weighted by Gasteiger charge is -2.11. The molecule has 23 nitrogen and oxygen atoms in total. The first-order chi connectivity index (χ1) is 33.4. The van der Waals surface area contributed by atoms with Gasteiger partial charge in [-0.15, -0.1) is 0 Å². The molecule has 24 N–H and O–H groups in total. The van der Waals surface area contributed by atoms with Crippen LogP contribution in [-0.2, 0) is 46.4 Å². The van der Waals surface area contributed by atoms with Crippen LogP contribution in [-0.4, -0.2) is 143 Å². The highest BCUT2D eigenvalue weighted by molar-refractivity contribution is 7.98. The minimum atomic E-state index is -0.972. The van der Waals surface area contributed by atoms with Crippen molar-refractivity contribution < 1.29 is 69.3 Å². The van der Waals surface area contributed by atoms with Gasteiger partial charge in [-0.1, -0.05) is 103 Å². The number of hydrogen-bond donors (Lipinski definition) is 16. The Labute approximate surface area is 426 Å². The van der Waals surface area contributed by atoms with E-state index in [-0.39, 0.29) is 11.8 Å². The van der Waals surface area contributed by atoms with Crippen LogP contribution in [0.1, 0.15) is 91.2 Å². The second kappa shape index (κ2) is 42.9. The van der Waals surface area contributed by atoms with Crippen molar-refractivity contribution in [1.29, 1.82) is 0 Å². The number of nitrogens with one attached hydrogen (secondary N) is 1. The third-order valence-corrected chi connectivity index (χ3v) is 10.5. The molecule has 0 radical (unpaired) electrons. The smallest absolute Gasteiger partial charge is 0.320 e. The van der Waals surface area contributed by atoms with E-state index in [2.05, 4.69) is 4.98 Å². The Morgan fingerprint density at radius 1 is 0.556 bits per heavy atom. The van der Waals surface area contributed by atoms with Gasteiger partial charge in [-0.25, -0.2) is 0 Å². The molecule has 8 atom stereocenters. The molecule has 0 spiro atoms. The highest BCUT2D eigenvalue weighted by Crippen LogP contribution is 2.18. The van der Waals surface area contributed by atoms with E-state index in [9.17, 15) is 33.6 Å². The number of carboxylic acids is 7. The summed E-state index contributed by atoms with van der Waals surface area (Å²) in [5.74, 6) is -5.27. The van der Waals surface area contributed by atoms with Gasteiger partial charge in [0.1, 0.15) is 42.3 Å². The lowest BCUT2D eigenvalue weighted by atomic mass is 10.0. The van der Waals surface area contributed by atoms with Crippen LogP contribution in [0, 0.1) is 17.8 Å². The number of carbonyl (C=O) groups is 7. The molecular weight excluding hydrogens is 959 g/mol. The lowest BCUT2D eigenvalue weighted by molar-refractivity contribution is -0.140. The Kier molecular flexibility index (Phi) is 43.4. The Balaban J connectivity index is -0.000000380. The average Bonchev–Trinajstić information content (AvgIpc) is 3.73. The van der Waals surface area contributed by atoms with Crippen LogP contribution < -0.4 is 45.9 Å². The first-order valence-electron chi connectivity index (χ1n) is 23.1. The number of hydrogen-bond acceptors (Lipinski definition) is 16. The molecule has 0 fully saturated rings. The molecule has 0 saturated heterocycles. The van der Waals surface area contributed by atoms with Crippen molar-refractivity contribution >= 4 is 64.4 Å². The van der Waals surface area contributed by atoms with E-state index in [1.165, 1.54) is 0 Å². The molecule has 0 aliphatic rings. The van der Waals surface area contributed by atoms with Crippen LogP contribution in [0.5, 0.6) is 0 Å². The summed E-state index contributed by atoms with van der Waals surface area (Å²) in [6.45, 7) is 11.8. The van der Waals surface area contributed by atoms with E-state index < -0.39 is 84.1 Å². The molecule has 24 heteroatoms. The van der Waals surface area contributed by atoms with Gasteiger partial charge < -0.3 is 86.6 Å². The number of para-hydroxylation sites is 1. The van der Waals surface area contributed by atoms with E-state index in [1.54, 1.807) is 25.6 Å². The fourth-order valence-corrected chi connectivity index (χ4v) is 5.46. The maximum atomic E-state index is 10.6. The highest BCUT2D eigenvalue weighted by atomic mass is 32.2. The van der Waals surface area contributed by atoms with Crippen LogP contribution in [0.2, 0.25) is 0 Å². The molecule has 0 saturated carbocycles. The topological polar surface area (TPSA) is 485 Å². The van der Waals surface area contributed by atoms with Crippen LogP contribution in [0.15, 0.2) is 60.8 Å². The van der Waals surface area contributed by atoms with Gasteiger partial charge in [0, 0.05) is 23.5 Å². The van der Waals surface area contributed by atoms with E-state index in [0.29, 0.717) is 44.6 Å².